The van der Waals surface area contributed by atoms with E-state index in [1.807, 2.05) is 47.3 Å². The highest BCUT2D eigenvalue weighted by Gasteiger charge is 2.05. The van der Waals surface area contributed by atoms with Crippen molar-refractivity contribution in [2.45, 2.75) is 4.90 Å². The monoisotopic (exact) mass is 249 g/mol. The van der Waals surface area contributed by atoms with Crippen LogP contribution in [0.15, 0.2) is 46.0 Å². The predicted molar refractivity (Wildman–Crippen MR) is 70.5 cm³/mol. The highest BCUT2D eigenvalue weighted by atomic mass is 32.2. The number of carbonyl (C=O) groups is 1. The van der Waals surface area contributed by atoms with Crippen LogP contribution in [-0.4, -0.2) is 12.2 Å². The third kappa shape index (κ3) is 2.65. The van der Waals surface area contributed by atoms with E-state index in [0.717, 1.165) is 5.69 Å². The van der Waals surface area contributed by atoms with Gasteiger partial charge in [0.2, 0.25) is 0 Å². The van der Waals surface area contributed by atoms with Gasteiger partial charge in [0.1, 0.15) is 0 Å². The molecule has 0 radical (unpaired) electrons. The molecule has 16 heavy (non-hydrogen) atoms. The fourth-order valence-corrected chi connectivity index (χ4v) is 2.32. The molecule has 2 aromatic rings. The van der Waals surface area contributed by atoms with Gasteiger partial charge in [0.25, 0.3) is 5.91 Å². The van der Waals surface area contributed by atoms with Crippen molar-refractivity contribution in [2.75, 3.05) is 11.6 Å². The van der Waals surface area contributed by atoms with Gasteiger partial charge in [-0.15, -0.1) is 11.8 Å². The molecule has 2 nitrogen and oxygen atoms in total. The van der Waals surface area contributed by atoms with E-state index >= 15 is 0 Å². The van der Waals surface area contributed by atoms with E-state index < -0.39 is 0 Å². The fraction of sp³-hybridized carbons (Fsp3) is 0.0833. The molecule has 4 heteroatoms. The summed E-state index contributed by atoms with van der Waals surface area (Å²) in [5, 5.41) is 6.59. The summed E-state index contributed by atoms with van der Waals surface area (Å²) in [6.45, 7) is 0. The Morgan fingerprint density at radius 3 is 2.56 bits per heavy atom. The first-order chi connectivity index (χ1) is 7.79. The Bertz CT molecular complexity index is 462. The van der Waals surface area contributed by atoms with Crippen molar-refractivity contribution < 1.29 is 4.79 Å². The maximum Gasteiger partial charge on any atom is 0.256 e. The zero-order valence-corrected chi connectivity index (χ0v) is 10.4. The molecule has 0 saturated carbocycles. The van der Waals surface area contributed by atoms with Crippen molar-refractivity contribution in [3.63, 3.8) is 0 Å². The molecule has 0 saturated heterocycles. The summed E-state index contributed by atoms with van der Waals surface area (Å²) in [4.78, 5) is 12.9. The van der Waals surface area contributed by atoms with E-state index in [0.29, 0.717) is 5.56 Å². The molecule has 1 aromatic carbocycles. The van der Waals surface area contributed by atoms with Crippen molar-refractivity contribution in [1.82, 2.24) is 0 Å². The van der Waals surface area contributed by atoms with Gasteiger partial charge in [-0.3, -0.25) is 4.79 Å². The predicted octanol–water partition coefficient (Wildman–Crippen LogP) is 3.72. The number of rotatable bonds is 3. The Morgan fingerprint density at radius 1 is 1.25 bits per heavy atom. The quantitative estimate of drug-likeness (QED) is 0.840. The molecular weight excluding hydrogens is 238 g/mol. The number of carbonyl (C=O) groups excluding carboxylic acids is 1. The molecule has 0 aliphatic rings. The summed E-state index contributed by atoms with van der Waals surface area (Å²) in [7, 11) is 0. The van der Waals surface area contributed by atoms with Crippen LogP contribution in [0.1, 0.15) is 10.4 Å². The molecule has 0 aliphatic heterocycles. The minimum Gasteiger partial charge on any atom is -0.322 e. The Balaban J connectivity index is 2.06. The third-order valence-electron chi connectivity index (χ3n) is 2.13. The minimum absolute atomic E-state index is 0.0573. The molecule has 0 spiro atoms. The molecule has 1 heterocycles. The zero-order chi connectivity index (χ0) is 11.4. The number of thiophene rings is 1. The van der Waals surface area contributed by atoms with Gasteiger partial charge in [-0.05, 0) is 42.0 Å². The van der Waals surface area contributed by atoms with Crippen LogP contribution in [-0.2, 0) is 0 Å². The topological polar surface area (TPSA) is 29.1 Å². The van der Waals surface area contributed by atoms with Crippen LogP contribution in [0.25, 0.3) is 0 Å². The van der Waals surface area contributed by atoms with Gasteiger partial charge in [0.05, 0.1) is 5.56 Å². The molecule has 0 bridgehead atoms. The summed E-state index contributed by atoms with van der Waals surface area (Å²) < 4.78 is 0. The first-order valence-electron chi connectivity index (χ1n) is 4.77. The van der Waals surface area contributed by atoms with E-state index in [-0.39, 0.29) is 5.91 Å². The Hall–Kier alpha value is -1.26. The Kier molecular flexibility index (Phi) is 3.64. The number of benzene rings is 1. The van der Waals surface area contributed by atoms with Crippen LogP contribution >= 0.6 is 23.1 Å². The SMILES string of the molecule is CSc1ccc(NC(=O)c2ccsc2)cc1. The van der Waals surface area contributed by atoms with Crippen molar-refractivity contribution in [2.24, 2.45) is 0 Å². The summed E-state index contributed by atoms with van der Waals surface area (Å²) in [6, 6.07) is 9.63. The molecule has 82 valence electrons. The van der Waals surface area contributed by atoms with E-state index in [2.05, 4.69) is 5.32 Å². The highest BCUT2D eigenvalue weighted by molar-refractivity contribution is 7.98. The first-order valence-corrected chi connectivity index (χ1v) is 6.94. The lowest BCUT2D eigenvalue weighted by Crippen LogP contribution is -2.10. The maximum atomic E-state index is 11.7. The first kappa shape index (κ1) is 11.2. The molecule has 1 aromatic heterocycles. The van der Waals surface area contributed by atoms with Crippen LogP contribution in [0.5, 0.6) is 0 Å². The molecule has 0 fully saturated rings. The van der Waals surface area contributed by atoms with Gasteiger partial charge >= 0.3 is 0 Å². The molecule has 1 N–H and O–H groups in total. The summed E-state index contributed by atoms with van der Waals surface area (Å²) in [5.41, 5.74) is 1.54. The second-order valence-electron chi connectivity index (χ2n) is 3.19. The molecule has 2 rings (SSSR count). The molecular formula is C12H11NOS2. The molecule has 0 aliphatic carbocycles. The molecule has 1 amide bonds. The van der Waals surface area contributed by atoms with Crippen LogP contribution in [0, 0.1) is 0 Å². The Labute approximate surface area is 103 Å². The highest BCUT2D eigenvalue weighted by Crippen LogP contribution is 2.18. The lowest BCUT2D eigenvalue weighted by Gasteiger charge is -2.04. The fourth-order valence-electron chi connectivity index (χ4n) is 1.27. The third-order valence-corrected chi connectivity index (χ3v) is 3.56. The van der Waals surface area contributed by atoms with Gasteiger partial charge < -0.3 is 5.32 Å². The van der Waals surface area contributed by atoms with Crippen LogP contribution in [0.3, 0.4) is 0 Å². The minimum atomic E-state index is -0.0573. The lowest BCUT2D eigenvalue weighted by atomic mass is 10.3. The van der Waals surface area contributed by atoms with Crippen molar-refractivity contribution in [1.29, 1.82) is 0 Å². The van der Waals surface area contributed by atoms with Crippen LogP contribution in [0.2, 0.25) is 0 Å². The largest absolute Gasteiger partial charge is 0.322 e. The van der Waals surface area contributed by atoms with Gasteiger partial charge in [0, 0.05) is 16.0 Å². The average Bonchev–Trinajstić information content (AvgIpc) is 2.83. The number of amides is 1. The standard InChI is InChI=1S/C12H11NOS2/c1-15-11-4-2-10(3-5-11)13-12(14)9-6-7-16-8-9/h2-8H,1H3,(H,13,14). The smallest absolute Gasteiger partial charge is 0.256 e. The summed E-state index contributed by atoms with van der Waals surface area (Å²) >= 11 is 3.20. The van der Waals surface area contributed by atoms with Crippen molar-refractivity contribution >= 4 is 34.7 Å². The number of thioether (sulfide) groups is 1. The number of hydrogen-bond donors (Lipinski definition) is 1. The van der Waals surface area contributed by atoms with Gasteiger partial charge in [-0.2, -0.15) is 11.3 Å². The Morgan fingerprint density at radius 2 is 2.00 bits per heavy atom. The van der Waals surface area contributed by atoms with Crippen molar-refractivity contribution in [3.8, 4) is 0 Å². The van der Waals surface area contributed by atoms with Crippen LogP contribution < -0.4 is 5.32 Å². The second-order valence-corrected chi connectivity index (χ2v) is 4.85. The number of anilines is 1. The van der Waals surface area contributed by atoms with Crippen LogP contribution in [0.4, 0.5) is 5.69 Å². The van der Waals surface area contributed by atoms with E-state index in [1.165, 1.54) is 16.2 Å². The normalized spacial score (nSPS) is 10.1. The maximum absolute atomic E-state index is 11.7. The second kappa shape index (κ2) is 5.18. The lowest BCUT2D eigenvalue weighted by molar-refractivity contribution is 0.102. The molecule has 0 atom stereocenters. The summed E-state index contributed by atoms with van der Waals surface area (Å²) in [6.07, 6.45) is 2.03. The zero-order valence-electron chi connectivity index (χ0n) is 8.77. The van der Waals surface area contributed by atoms with Gasteiger partial charge in [-0.25, -0.2) is 0 Å². The molecule has 0 unspecified atom stereocenters. The summed E-state index contributed by atoms with van der Waals surface area (Å²) in [5.74, 6) is -0.0573. The number of nitrogens with one attached hydrogen (secondary N) is 1. The van der Waals surface area contributed by atoms with E-state index in [1.54, 1.807) is 11.8 Å². The van der Waals surface area contributed by atoms with E-state index in [4.69, 9.17) is 0 Å². The van der Waals surface area contributed by atoms with Crippen molar-refractivity contribution in [3.05, 3.63) is 46.7 Å². The van der Waals surface area contributed by atoms with Gasteiger partial charge in [-0.1, -0.05) is 0 Å². The van der Waals surface area contributed by atoms with E-state index in [9.17, 15) is 4.79 Å². The number of hydrogen-bond acceptors (Lipinski definition) is 3. The van der Waals surface area contributed by atoms with Gasteiger partial charge in [0.15, 0.2) is 0 Å². The average molecular weight is 249 g/mol.